The van der Waals surface area contributed by atoms with Crippen LogP contribution in [0.15, 0.2) is 12.2 Å². The van der Waals surface area contributed by atoms with Crippen molar-refractivity contribution in [1.29, 1.82) is 0 Å². The van der Waals surface area contributed by atoms with Crippen LogP contribution in [-0.4, -0.2) is 13.1 Å². The first kappa shape index (κ1) is 8.62. The molecule has 0 rings (SSSR count). The van der Waals surface area contributed by atoms with Crippen molar-refractivity contribution >= 4 is 0 Å². The zero-order valence-corrected chi connectivity index (χ0v) is 6.28. The molecule has 0 saturated carbocycles. The Balaban J connectivity index is 3.27. The van der Waals surface area contributed by atoms with E-state index >= 15 is 0 Å². The molecule has 0 aromatic heterocycles. The molecule has 3 heteroatoms. The molecule has 0 radical (unpaired) electrons. The lowest BCUT2D eigenvalue weighted by Crippen LogP contribution is -2.46. The summed E-state index contributed by atoms with van der Waals surface area (Å²) in [4.78, 5) is 0. The Labute approximate surface area is 56.5 Å². The van der Waals surface area contributed by atoms with Crippen molar-refractivity contribution < 1.29 is 0 Å². The SMILES string of the molecule is C=C(C)C(C)NNNC. The van der Waals surface area contributed by atoms with Crippen LogP contribution < -0.4 is 16.4 Å². The zero-order chi connectivity index (χ0) is 7.28. The zero-order valence-electron chi connectivity index (χ0n) is 6.28. The molecule has 0 heterocycles. The fourth-order valence-electron chi connectivity index (χ4n) is 0.304. The van der Waals surface area contributed by atoms with Gasteiger partial charge in [-0.25, -0.2) is 10.9 Å². The minimum Gasteiger partial charge on any atom is -0.247 e. The van der Waals surface area contributed by atoms with E-state index in [0.29, 0.717) is 6.04 Å². The highest BCUT2D eigenvalue weighted by Crippen LogP contribution is 1.92. The monoisotopic (exact) mass is 129 g/mol. The second kappa shape index (κ2) is 4.49. The summed E-state index contributed by atoms with van der Waals surface area (Å²) in [5.41, 5.74) is 9.60. The maximum Gasteiger partial charge on any atom is 0.0401 e. The van der Waals surface area contributed by atoms with Crippen LogP contribution in [0.3, 0.4) is 0 Å². The van der Waals surface area contributed by atoms with Gasteiger partial charge in [0.25, 0.3) is 0 Å². The fraction of sp³-hybridized carbons (Fsp3) is 0.667. The highest BCUT2D eigenvalue weighted by molar-refractivity contribution is 4.97. The van der Waals surface area contributed by atoms with Crippen LogP contribution in [0, 0.1) is 0 Å². The van der Waals surface area contributed by atoms with Crippen LogP contribution in [0.2, 0.25) is 0 Å². The van der Waals surface area contributed by atoms with Gasteiger partial charge >= 0.3 is 0 Å². The molecule has 1 unspecified atom stereocenters. The van der Waals surface area contributed by atoms with Crippen LogP contribution in [0.5, 0.6) is 0 Å². The van der Waals surface area contributed by atoms with Gasteiger partial charge in [-0.05, 0) is 20.9 Å². The summed E-state index contributed by atoms with van der Waals surface area (Å²) in [7, 11) is 1.80. The molecule has 1 atom stereocenters. The summed E-state index contributed by atoms with van der Waals surface area (Å²) in [6.07, 6.45) is 0. The third-order valence-electron chi connectivity index (χ3n) is 1.15. The number of rotatable bonds is 4. The smallest absolute Gasteiger partial charge is 0.0401 e. The van der Waals surface area contributed by atoms with Gasteiger partial charge in [0, 0.05) is 6.04 Å². The topological polar surface area (TPSA) is 36.1 Å². The number of hydrogen-bond donors (Lipinski definition) is 3. The summed E-state index contributed by atoms with van der Waals surface area (Å²) < 4.78 is 0. The van der Waals surface area contributed by atoms with Gasteiger partial charge in [-0.3, -0.25) is 0 Å². The van der Waals surface area contributed by atoms with Gasteiger partial charge in [-0.2, -0.15) is 5.53 Å². The molecular weight excluding hydrogens is 114 g/mol. The molecule has 0 fully saturated rings. The van der Waals surface area contributed by atoms with Crippen molar-refractivity contribution in [1.82, 2.24) is 16.4 Å². The second-order valence-electron chi connectivity index (χ2n) is 2.09. The first-order chi connectivity index (χ1) is 4.18. The maximum atomic E-state index is 3.78. The third-order valence-corrected chi connectivity index (χ3v) is 1.15. The second-order valence-corrected chi connectivity index (χ2v) is 2.09. The van der Waals surface area contributed by atoms with Crippen molar-refractivity contribution in [3.63, 3.8) is 0 Å². The number of nitrogens with one attached hydrogen (secondary N) is 3. The Kier molecular flexibility index (Phi) is 4.30. The Morgan fingerprint density at radius 1 is 1.56 bits per heavy atom. The van der Waals surface area contributed by atoms with Gasteiger partial charge in [-0.15, -0.1) is 0 Å². The summed E-state index contributed by atoms with van der Waals surface area (Å²) in [6.45, 7) is 7.79. The summed E-state index contributed by atoms with van der Waals surface area (Å²) in [5, 5.41) is 0. The average Bonchev–Trinajstić information content (AvgIpc) is 1.82. The minimum atomic E-state index is 0.303. The van der Waals surface area contributed by atoms with E-state index in [1.165, 1.54) is 0 Å². The standard InChI is InChI=1S/C6H15N3/c1-5(2)6(3)8-9-7-4/h6-9H,1H2,2-4H3. The molecule has 0 aliphatic heterocycles. The van der Waals surface area contributed by atoms with Gasteiger partial charge in [0.2, 0.25) is 0 Å². The van der Waals surface area contributed by atoms with Crippen LogP contribution in [0.1, 0.15) is 13.8 Å². The largest absolute Gasteiger partial charge is 0.247 e. The molecule has 0 aromatic rings. The predicted molar refractivity (Wildman–Crippen MR) is 39.6 cm³/mol. The predicted octanol–water partition coefficient (Wildman–Crippen LogP) is 0.180. The van der Waals surface area contributed by atoms with E-state index in [1.807, 2.05) is 13.8 Å². The van der Waals surface area contributed by atoms with Crippen molar-refractivity contribution in [2.75, 3.05) is 7.05 Å². The van der Waals surface area contributed by atoms with E-state index in [0.717, 1.165) is 5.57 Å². The van der Waals surface area contributed by atoms with E-state index in [-0.39, 0.29) is 0 Å². The van der Waals surface area contributed by atoms with Gasteiger partial charge < -0.3 is 0 Å². The van der Waals surface area contributed by atoms with Crippen LogP contribution in [0.4, 0.5) is 0 Å². The molecule has 3 nitrogen and oxygen atoms in total. The lowest BCUT2D eigenvalue weighted by atomic mass is 10.2. The first-order valence-corrected chi connectivity index (χ1v) is 3.01. The van der Waals surface area contributed by atoms with Gasteiger partial charge in [0.05, 0.1) is 0 Å². The normalized spacial score (nSPS) is 13.2. The number of hydrogen-bond acceptors (Lipinski definition) is 3. The molecule has 0 bridgehead atoms. The van der Waals surface area contributed by atoms with Crippen LogP contribution >= 0.6 is 0 Å². The van der Waals surface area contributed by atoms with Crippen molar-refractivity contribution in [2.45, 2.75) is 19.9 Å². The van der Waals surface area contributed by atoms with Crippen molar-refractivity contribution in [3.05, 3.63) is 12.2 Å². The molecule has 54 valence electrons. The maximum absolute atomic E-state index is 3.78. The van der Waals surface area contributed by atoms with Gasteiger partial charge in [0.15, 0.2) is 0 Å². The molecule has 0 aliphatic rings. The molecule has 0 aromatic carbocycles. The Morgan fingerprint density at radius 3 is 2.44 bits per heavy atom. The average molecular weight is 129 g/mol. The van der Waals surface area contributed by atoms with E-state index in [4.69, 9.17) is 0 Å². The Bertz CT molecular complexity index is 90.3. The first-order valence-electron chi connectivity index (χ1n) is 3.01. The molecular formula is C6H15N3. The molecule has 0 aliphatic carbocycles. The van der Waals surface area contributed by atoms with E-state index in [2.05, 4.69) is 23.0 Å². The molecule has 3 N–H and O–H groups in total. The Hall–Kier alpha value is -0.380. The number of hydrazine groups is 2. The van der Waals surface area contributed by atoms with E-state index in [1.54, 1.807) is 7.05 Å². The highest BCUT2D eigenvalue weighted by Gasteiger charge is 1.96. The summed E-state index contributed by atoms with van der Waals surface area (Å²) in [6, 6.07) is 0.303. The molecule has 9 heavy (non-hydrogen) atoms. The van der Waals surface area contributed by atoms with E-state index < -0.39 is 0 Å². The quantitative estimate of drug-likeness (QED) is 0.374. The van der Waals surface area contributed by atoms with Crippen LogP contribution in [-0.2, 0) is 0 Å². The van der Waals surface area contributed by atoms with Crippen LogP contribution in [0.25, 0.3) is 0 Å². The third kappa shape index (κ3) is 4.14. The van der Waals surface area contributed by atoms with Crippen molar-refractivity contribution in [2.24, 2.45) is 0 Å². The lowest BCUT2D eigenvalue weighted by Gasteiger charge is -2.12. The fourth-order valence-corrected chi connectivity index (χ4v) is 0.304. The molecule has 0 amide bonds. The lowest BCUT2D eigenvalue weighted by molar-refractivity contribution is 0.435. The summed E-state index contributed by atoms with van der Waals surface area (Å²) >= 11 is 0. The van der Waals surface area contributed by atoms with Crippen molar-refractivity contribution in [3.8, 4) is 0 Å². The minimum absolute atomic E-state index is 0.303. The van der Waals surface area contributed by atoms with Gasteiger partial charge in [-0.1, -0.05) is 12.2 Å². The highest BCUT2D eigenvalue weighted by atomic mass is 15.6. The Morgan fingerprint density at radius 2 is 2.11 bits per heavy atom. The van der Waals surface area contributed by atoms with Gasteiger partial charge in [0.1, 0.15) is 0 Å². The van der Waals surface area contributed by atoms with E-state index in [9.17, 15) is 0 Å². The molecule has 0 saturated heterocycles. The molecule has 0 spiro atoms. The summed E-state index contributed by atoms with van der Waals surface area (Å²) in [5.74, 6) is 0.